The van der Waals surface area contributed by atoms with Gasteiger partial charge in [0.15, 0.2) is 11.5 Å². The molecule has 3 rings (SSSR count). The number of benzene rings is 1. The van der Waals surface area contributed by atoms with E-state index in [1.807, 2.05) is 18.2 Å². The lowest BCUT2D eigenvalue weighted by Crippen LogP contribution is -2.35. The summed E-state index contributed by atoms with van der Waals surface area (Å²) in [5.41, 5.74) is 1.53. The van der Waals surface area contributed by atoms with E-state index in [2.05, 4.69) is 34.4 Å². The molecule has 0 aliphatic carbocycles. The zero-order valence-corrected chi connectivity index (χ0v) is 13.9. The van der Waals surface area contributed by atoms with Crippen molar-refractivity contribution in [2.75, 3.05) is 32.8 Å². The van der Waals surface area contributed by atoms with E-state index in [-0.39, 0.29) is 11.8 Å². The predicted molar refractivity (Wildman–Crippen MR) is 89.8 cm³/mol. The summed E-state index contributed by atoms with van der Waals surface area (Å²) < 4.78 is 10.6. The minimum Gasteiger partial charge on any atom is -0.379 e. The molecule has 24 heavy (non-hydrogen) atoms. The first-order chi connectivity index (χ1) is 11.7. The van der Waals surface area contributed by atoms with Gasteiger partial charge < -0.3 is 14.6 Å². The second-order valence-corrected chi connectivity index (χ2v) is 6.09. The summed E-state index contributed by atoms with van der Waals surface area (Å²) in [4.78, 5) is 14.4. The SMILES string of the molecule is C[C@H](CNC(=O)c1cc(CN2CCOCC2)on1)c1ccccc1. The highest BCUT2D eigenvalue weighted by atomic mass is 16.5. The van der Waals surface area contributed by atoms with Crippen LogP contribution in [0.15, 0.2) is 40.9 Å². The van der Waals surface area contributed by atoms with Crippen LogP contribution in [-0.4, -0.2) is 48.8 Å². The number of ether oxygens (including phenoxy) is 1. The summed E-state index contributed by atoms with van der Waals surface area (Å²) in [7, 11) is 0. The standard InChI is InChI=1S/C18H23N3O3/c1-14(15-5-3-2-4-6-15)12-19-18(22)17-11-16(24-20-17)13-21-7-9-23-10-8-21/h2-6,11,14H,7-10,12-13H2,1H3,(H,19,22)/t14-/m1/s1. The topological polar surface area (TPSA) is 67.6 Å². The molecule has 0 radical (unpaired) electrons. The van der Waals surface area contributed by atoms with Crippen LogP contribution in [0.5, 0.6) is 0 Å². The van der Waals surface area contributed by atoms with Crippen LogP contribution >= 0.6 is 0 Å². The van der Waals surface area contributed by atoms with Crippen molar-refractivity contribution in [1.29, 1.82) is 0 Å². The Morgan fingerprint density at radius 1 is 1.29 bits per heavy atom. The van der Waals surface area contributed by atoms with Crippen molar-refractivity contribution in [3.8, 4) is 0 Å². The summed E-state index contributed by atoms with van der Waals surface area (Å²) in [5, 5.41) is 6.81. The normalized spacial score (nSPS) is 16.7. The van der Waals surface area contributed by atoms with Crippen molar-refractivity contribution in [2.24, 2.45) is 0 Å². The van der Waals surface area contributed by atoms with Crippen LogP contribution in [0, 0.1) is 0 Å². The maximum Gasteiger partial charge on any atom is 0.273 e. The van der Waals surface area contributed by atoms with Crippen molar-refractivity contribution in [3.05, 3.63) is 53.4 Å². The molecule has 0 bridgehead atoms. The number of nitrogens with zero attached hydrogens (tertiary/aromatic N) is 2. The Hall–Kier alpha value is -2.18. The molecule has 6 nitrogen and oxygen atoms in total. The van der Waals surface area contributed by atoms with Crippen molar-refractivity contribution in [2.45, 2.75) is 19.4 Å². The Morgan fingerprint density at radius 3 is 2.79 bits per heavy atom. The number of hydrogen-bond acceptors (Lipinski definition) is 5. The summed E-state index contributed by atoms with van der Waals surface area (Å²) in [6, 6.07) is 11.8. The van der Waals surface area contributed by atoms with Crippen LogP contribution in [0.25, 0.3) is 0 Å². The maximum atomic E-state index is 12.2. The van der Waals surface area contributed by atoms with Crippen molar-refractivity contribution >= 4 is 5.91 Å². The third-order valence-corrected chi connectivity index (χ3v) is 4.21. The van der Waals surface area contributed by atoms with E-state index >= 15 is 0 Å². The number of carbonyl (C=O) groups is 1. The van der Waals surface area contributed by atoms with Crippen LogP contribution in [-0.2, 0) is 11.3 Å². The molecule has 6 heteroatoms. The largest absolute Gasteiger partial charge is 0.379 e. The summed E-state index contributed by atoms with van der Waals surface area (Å²) in [6.07, 6.45) is 0. The molecule has 128 valence electrons. The van der Waals surface area contributed by atoms with Gasteiger partial charge in [0.05, 0.1) is 19.8 Å². The zero-order valence-electron chi connectivity index (χ0n) is 13.9. The third kappa shape index (κ3) is 4.43. The summed E-state index contributed by atoms with van der Waals surface area (Å²) in [5.74, 6) is 0.753. The number of amides is 1. The maximum absolute atomic E-state index is 12.2. The molecule has 1 N–H and O–H groups in total. The molecule has 1 aliphatic rings. The molecule has 1 aliphatic heterocycles. The van der Waals surface area contributed by atoms with E-state index in [1.165, 1.54) is 5.56 Å². The summed E-state index contributed by atoms with van der Waals surface area (Å²) >= 11 is 0. The first-order valence-electron chi connectivity index (χ1n) is 8.31. The van der Waals surface area contributed by atoms with Gasteiger partial charge in [-0.2, -0.15) is 0 Å². The number of morpholine rings is 1. The van der Waals surface area contributed by atoms with E-state index in [0.717, 1.165) is 26.3 Å². The molecule has 0 saturated carbocycles. The monoisotopic (exact) mass is 329 g/mol. The number of nitrogens with one attached hydrogen (secondary N) is 1. The van der Waals surface area contributed by atoms with Crippen LogP contribution in [0.2, 0.25) is 0 Å². The van der Waals surface area contributed by atoms with Crippen LogP contribution in [0.1, 0.15) is 34.7 Å². The van der Waals surface area contributed by atoms with Crippen LogP contribution < -0.4 is 5.32 Å². The highest BCUT2D eigenvalue weighted by molar-refractivity contribution is 5.92. The second kappa shape index (κ2) is 8.08. The first kappa shape index (κ1) is 16.7. The van der Waals surface area contributed by atoms with Gasteiger partial charge in [-0.3, -0.25) is 9.69 Å². The van der Waals surface area contributed by atoms with E-state index in [9.17, 15) is 4.79 Å². The second-order valence-electron chi connectivity index (χ2n) is 6.09. The van der Waals surface area contributed by atoms with Crippen molar-refractivity contribution < 1.29 is 14.1 Å². The highest BCUT2D eigenvalue weighted by Crippen LogP contribution is 2.14. The lowest BCUT2D eigenvalue weighted by molar-refractivity contribution is 0.0305. The lowest BCUT2D eigenvalue weighted by Gasteiger charge is -2.25. The van der Waals surface area contributed by atoms with Crippen molar-refractivity contribution in [1.82, 2.24) is 15.4 Å². The molecule has 2 heterocycles. The quantitative estimate of drug-likeness (QED) is 0.878. The van der Waals surface area contributed by atoms with Gasteiger partial charge >= 0.3 is 0 Å². The zero-order chi connectivity index (χ0) is 16.8. The molecule has 1 aromatic carbocycles. The average molecular weight is 329 g/mol. The van der Waals surface area contributed by atoms with Crippen LogP contribution in [0.3, 0.4) is 0 Å². The Balaban J connectivity index is 1.50. The fourth-order valence-electron chi connectivity index (χ4n) is 2.71. The van der Waals surface area contributed by atoms with E-state index in [0.29, 0.717) is 24.5 Å². The summed E-state index contributed by atoms with van der Waals surface area (Å²) in [6.45, 7) is 6.52. The third-order valence-electron chi connectivity index (χ3n) is 4.21. The number of hydrogen-bond donors (Lipinski definition) is 1. The Labute approximate surface area is 141 Å². The van der Waals surface area contributed by atoms with Gasteiger partial charge in [0.25, 0.3) is 5.91 Å². The van der Waals surface area contributed by atoms with Gasteiger partial charge in [-0.15, -0.1) is 0 Å². The fourth-order valence-corrected chi connectivity index (χ4v) is 2.71. The average Bonchev–Trinajstić information content (AvgIpc) is 3.09. The molecule has 1 atom stereocenters. The van der Waals surface area contributed by atoms with Gasteiger partial charge in [-0.25, -0.2) is 0 Å². The lowest BCUT2D eigenvalue weighted by atomic mass is 10.0. The van der Waals surface area contributed by atoms with Gasteiger partial charge in [0.2, 0.25) is 0 Å². The molecular weight excluding hydrogens is 306 g/mol. The molecule has 1 amide bonds. The minimum absolute atomic E-state index is 0.199. The molecule has 1 fully saturated rings. The molecule has 0 unspecified atom stereocenters. The van der Waals surface area contributed by atoms with Gasteiger partial charge in [0.1, 0.15) is 0 Å². The van der Waals surface area contributed by atoms with E-state index < -0.39 is 0 Å². The Kier molecular flexibility index (Phi) is 5.61. The van der Waals surface area contributed by atoms with Crippen molar-refractivity contribution in [3.63, 3.8) is 0 Å². The predicted octanol–water partition coefficient (Wildman–Crippen LogP) is 2.04. The van der Waals surface area contributed by atoms with E-state index in [1.54, 1.807) is 6.07 Å². The first-order valence-corrected chi connectivity index (χ1v) is 8.31. The van der Waals surface area contributed by atoms with Gasteiger partial charge in [-0.05, 0) is 11.5 Å². The fraction of sp³-hybridized carbons (Fsp3) is 0.444. The molecular formula is C18H23N3O3. The number of aromatic nitrogens is 1. The molecule has 2 aromatic rings. The number of rotatable bonds is 6. The Morgan fingerprint density at radius 2 is 2.04 bits per heavy atom. The highest BCUT2D eigenvalue weighted by Gasteiger charge is 2.17. The van der Waals surface area contributed by atoms with Crippen LogP contribution in [0.4, 0.5) is 0 Å². The van der Waals surface area contributed by atoms with E-state index in [4.69, 9.17) is 9.26 Å². The van der Waals surface area contributed by atoms with Gasteiger partial charge in [-0.1, -0.05) is 42.4 Å². The minimum atomic E-state index is -0.199. The molecule has 1 saturated heterocycles. The molecule has 1 aromatic heterocycles. The smallest absolute Gasteiger partial charge is 0.273 e. The Bertz CT molecular complexity index is 651. The number of carbonyl (C=O) groups excluding carboxylic acids is 1. The molecule has 0 spiro atoms. The van der Waals surface area contributed by atoms with Gasteiger partial charge in [0, 0.05) is 25.7 Å².